The first kappa shape index (κ1) is 14.3. The molecule has 0 atom stereocenters. The number of hydrogen-bond acceptors (Lipinski definition) is 2. The quantitative estimate of drug-likeness (QED) is 0.780. The average molecular weight is 269 g/mol. The zero-order valence-corrected chi connectivity index (χ0v) is 11.9. The first-order chi connectivity index (χ1) is 9.69. The number of pyridine rings is 1. The van der Waals surface area contributed by atoms with E-state index in [1.54, 1.807) is 10.6 Å². The zero-order chi connectivity index (χ0) is 14.5. The van der Waals surface area contributed by atoms with Gasteiger partial charge in [-0.05, 0) is 30.5 Å². The molecule has 0 aliphatic rings. The minimum atomic E-state index is -0.196. The number of unbranched alkanes of at least 4 members (excludes halogenated alkanes) is 1. The molecule has 3 heteroatoms. The van der Waals surface area contributed by atoms with Crippen molar-refractivity contribution in [3.8, 4) is 11.3 Å². The fraction of sp³-hybridized carbons (Fsp3) is 0.294. The van der Waals surface area contributed by atoms with Crippen molar-refractivity contribution in [2.45, 2.75) is 33.2 Å². The zero-order valence-electron chi connectivity index (χ0n) is 11.9. The number of aryl methyl sites for hydroxylation is 1. The van der Waals surface area contributed by atoms with Crippen LogP contribution in [0.5, 0.6) is 0 Å². The van der Waals surface area contributed by atoms with Crippen molar-refractivity contribution >= 4 is 6.29 Å². The monoisotopic (exact) mass is 269 g/mol. The van der Waals surface area contributed by atoms with Gasteiger partial charge in [0.1, 0.15) is 0 Å². The van der Waals surface area contributed by atoms with Gasteiger partial charge in [0.05, 0.1) is 11.3 Å². The molecule has 0 aliphatic carbocycles. The lowest BCUT2D eigenvalue weighted by atomic mass is 10.0. The van der Waals surface area contributed by atoms with E-state index in [2.05, 4.69) is 6.92 Å². The first-order valence-corrected chi connectivity index (χ1v) is 6.94. The lowest BCUT2D eigenvalue weighted by Crippen LogP contribution is -2.26. The summed E-state index contributed by atoms with van der Waals surface area (Å²) in [5.41, 5.74) is 2.91. The van der Waals surface area contributed by atoms with Gasteiger partial charge in [0, 0.05) is 6.54 Å². The van der Waals surface area contributed by atoms with Gasteiger partial charge >= 0.3 is 0 Å². The molecular weight excluding hydrogens is 250 g/mol. The lowest BCUT2D eigenvalue weighted by Gasteiger charge is -2.16. The molecule has 0 amide bonds. The third-order valence-electron chi connectivity index (χ3n) is 3.42. The van der Waals surface area contributed by atoms with Crippen molar-refractivity contribution in [1.29, 1.82) is 0 Å². The van der Waals surface area contributed by atoms with Crippen molar-refractivity contribution in [3.63, 3.8) is 0 Å². The Morgan fingerprint density at radius 1 is 1.20 bits per heavy atom. The van der Waals surface area contributed by atoms with Crippen LogP contribution >= 0.6 is 0 Å². The summed E-state index contributed by atoms with van der Waals surface area (Å²) in [6, 6.07) is 11.5. The highest BCUT2D eigenvalue weighted by molar-refractivity contribution is 5.76. The molecule has 104 valence electrons. The first-order valence-electron chi connectivity index (χ1n) is 6.94. The standard InChI is InChI=1S/C17H19NO2/c1-3-4-10-18-16(14-8-6-5-7-9-14)13(2)11-15(12-19)17(18)20/h5-9,11-12H,3-4,10H2,1-2H3. The number of nitrogens with zero attached hydrogens (tertiary/aromatic N) is 1. The molecule has 0 radical (unpaired) electrons. The summed E-state index contributed by atoms with van der Waals surface area (Å²) in [6.45, 7) is 4.67. The molecule has 0 saturated carbocycles. The van der Waals surface area contributed by atoms with E-state index in [0.717, 1.165) is 29.7 Å². The molecule has 3 nitrogen and oxygen atoms in total. The maximum absolute atomic E-state index is 12.4. The maximum atomic E-state index is 12.4. The molecule has 2 rings (SSSR count). The van der Waals surface area contributed by atoms with Gasteiger partial charge in [-0.3, -0.25) is 9.59 Å². The van der Waals surface area contributed by atoms with Gasteiger partial charge < -0.3 is 4.57 Å². The van der Waals surface area contributed by atoms with E-state index in [4.69, 9.17) is 0 Å². The fourth-order valence-electron chi connectivity index (χ4n) is 2.43. The average Bonchev–Trinajstić information content (AvgIpc) is 2.48. The van der Waals surface area contributed by atoms with Crippen LogP contribution in [0.3, 0.4) is 0 Å². The molecule has 0 N–H and O–H groups in total. The molecule has 0 unspecified atom stereocenters. The highest BCUT2D eigenvalue weighted by Gasteiger charge is 2.13. The SMILES string of the molecule is CCCCn1c(-c2ccccc2)c(C)cc(C=O)c1=O. The van der Waals surface area contributed by atoms with Gasteiger partial charge in [0.2, 0.25) is 0 Å². The van der Waals surface area contributed by atoms with Gasteiger partial charge in [-0.1, -0.05) is 43.7 Å². The van der Waals surface area contributed by atoms with E-state index in [1.807, 2.05) is 37.3 Å². The van der Waals surface area contributed by atoms with Gasteiger partial charge in [-0.2, -0.15) is 0 Å². The minimum Gasteiger partial charge on any atom is -0.307 e. The van der Waals surface area contributed by atoms with Crippen LogP contribution in [-0.4, -0.2) is 10.9 Å². The predicted molar refractivity (Wildman–Crippen MR) is 81.2 cm³/mol. The third-order valence-corrected chi connectivity index (χ3v) is 3.42. The molecule has 20 heavy (non-hydrogen) atoms. The largest absolute Gasteiger partial charge is 0.307 e. The topological polar surface area (TPSA) is 39.1 Å². The summed E-state index contributed by atoms with van der Waals surface area (Å²) < 4.78 is 1.73. The molecule has 0 saturated heterocycles. The van der Waals surface area contributed by atoms with Crippen molar-refractivity contribution in [1.82, 2.24) is 4.57 Å². The number of carbonyl (C=O) groups excluding carboxylic acids is 1. The van der Waals surface area contributed by atoms with Crippen molar-refractivity contribution in [2.75, 3.05) is 0 Å². The van der Waals surface area contributed by atoms with E-state index in [1.165, 1.54) is 0 Å². The van der Waals surface area contributed by atoms with Crippen LogP contribution in [0.15, 0.2) is 41.2 Å². The lowest BCUT2D eigenvalue weighted by molar-refractivity contribution is 0.112. The Balaban J connectivity index is 2.69. The number of benzene rings is 1. The summed E-state index contributed by atoms with van der Waals surface area (Å²) in [5.74, 6) is 0. The van der Waals surface area contributed by atoms with E-state index < -0.39 is 0 Å². The molecule has 1 aromatic heterocycles. The third kappa shape index (κ3) is 2.72. The van der Waals surface area contributed by atoms with Crippen LogP contribution in [0.4, 0.5) is 0 Å². The van der Waals surface area contributed by atoms with Gasteiger partial charge in [-0.15, -0.1) is 0 Å². The van der Waals surface area contributed by atoms with E-state index in [9.17, 15) is 9.59 Å². The minimum absolute atomic E-state index is 0.196. The predicted octanol–water partition coefficient (Wildman–Crippen LogP) is 3.44. The molecule has 0 aliphatic heterocycles. The Bertz CT molecular complexity index is 657. The second-order valence-corrected chi connectivity index (χ2v) is 4.93. The Labute approximate surface area is 118 Å². The van der Waals surface area contributed by atoms with Crippen LogP contribution in [0.1, 0.15) is 35.7 Å². The Kier molecular flexibility index (Phi) is 4.51. The van der Waals surface area contributed by atoms with Crippen LogP contribution < -0.4 is 5.56 Å². The van der Waals surface area contributed by atoms with Crippen LogP contribution in [0.25, 0.3) is 11.3 Å². The summed E-state index contributed by atoms with van der Waals surface area (Å²) in [7, 11) is 0. The second kappa shape index (κ2) is 6.33. The highest BCUT2D eigenvalue weighted by atomic mass is 16.1. The van der Waals surface area contributed by atoms with Gasteiger partial charge in [0.15, 0.2) is 6.29 Å². The second-order valence-electron chi connectivity index (χ2n) is 4.93. The normalized spacial score (nSPS) is 10.5. The molecular formula is C17H19NO2. The fourth-order valence-corrected chi connectivity index (χ4v) is 2.43. The van der Waals surface area contributed by atoms with Crippen LogP contribution in [0.2, 0.25) is 0 Å². The molecule has 1 aromatic carbocycles. The maximum Gasteiger partial charge on any atom is 0.261 e. The summed E-state index contributed by atoms with van der Waals surface area (Å²) in [4.78, 5) is 23.4. The number of aldehydes is 1. The van der Waals surface area contributed by atoms with Crippen LogP contribution in [-0.2, 0) is 6.54 Å². The Hall–Kier alpha value is -2.16. The smallest absolute Gasteiger partial charge is 0.261 e. The summed E-state index contributed by atoms with van der Waals surface area (Å²) in [6.07, 6.45) is 2.57. The van der Waals surface area contributed by atoms with Crippen molar-refractivity contribution in [2.24, 2.45) is 0 Å². The van der Waals surface area contributed by atoms with Gasteiger partial charge in [0.25, 0.3) is 5.56 Å². The molecule has 0 bridgehead atoms. The summed E-state index contributed by atoms with van der Waals surface area (Å²) >= 11 is 0. The van der Waals surface area contributed by atoms with E-state index in [-0.39, 0.29) is 11.1 Å². The highest BCUT2D eigenvalue weighted by Crippen LogP contribution is 2.22. The van der Waals surface area contributed by atoms with Crippen molar-refractivity contribution < 1.29 is 4.79 Å². The number of aromatic nitrogens is 1. The number of carbonyl (C=O) groups is 1. The molecule has 0 fully saturated rings. The molecule has 1 heterocycles. The van der Waals surface area contributed by atoms with Crippen molar-refractivity contribution in [3.05, 3.63) is 57.9 Å². The van der Waals surface area contributed by atoms with Gasteiger partial charge in [-0.25, -0.2) is 0 Å². The summed E-state index contributed by atoms with van der Waals surface area (Å²) in [5, 5.41) is 0. The number of hydrogen-bond donors (Lipinski definition) is 0. The van der Waals surface area contributed by atoms with E-state index >= 15 is 0 Å². The number of rotatable bonds is 5. The Morgan fingerprint density at radius 2 is 1.90 bits per heavy atom. The van der Waals surface area contributed by atoms with Crippen LogP contribution in [0, 0.1) is 6.92 Å². The van der Waals surface area contributed by atoms with E-state index in [0.29, 0.717) is 12.8 Å². The molecule has 2 aromatic rings. The molecule has 0 spiro atoms. The Morgan fingerprint density at radius 3 is 2.50 bits per heavy atom.